The van der Waals surface area contributed by atoms with Gasteiger partial charge < -0.3 is 14.9 Å². The molecule has 1 atom stereocenters. The van der Waals surface area contributed by atoms with Crippen molar-refractivity contribution in [3.8, 4) is 11.1 Å². The van der Waals surface area contributed by atoms with Gasteiger partial charge in [-0.05, 0) is 31.0 Å². The molecule has 1 unspecified atom stereocenters. The number of halogens is 1. The second-order valence-corrected chi connectivity index (χ2v) is 6.09. The van der Waals surface area contributed by atoms with Crippen LogP contribution in [0.4, 0.5) is 0 Å². The number of carbonyl (C=O) groups is 1. The summed E-state index contributed by atoms with van der Waals surface area (Å²) in [6.07, 6.45) is 0. The number of aliphatic hydroxyl groups excluding tert-OH is 2. The average molecular weight is 331 g/mol. The van der Waals surface area contributed by atoms with Crippen LogP contribution in [0.3, 0.4) is 0 Å². The molecule has 2 aromatic carbocycles. The normalized spacial score (nSPS) is 20.7. The van der Waals surface area contributed by atoms with Crippen LogP contribution in [0.25, 0.3) is 11.1 Å². The highest BCUT2D eigenvalue weighted by atomic mass is 35.5. The van der Waals surface area contributed by atoms with Crippen molar-refractivity contribution in [1.29, 1.82) is 0 Å². The van der Waals surface area contributed by atoms with Gasteiger partial charge in [-0.25, -0.2) is 4.79 Å². The van der Waals surface area contributed by atoms with Gasteiger partial charge in [0, 0.05) is 10.6 Å². The van der Waals surface area contributed by atoms with Crippen LogP contribution in [0.5, 0.6) is 0 Å². The minimum Gasteiger partial charge on any atom is -0.505 e. The van der Waals surface area contributed by atoms with Crippen LogP contribution in [-0.2, 0) is 15.1 Å². The van der Waals surface area contributed by atoms with Gasteiger partial charge in [0.1, 0.15) is 0 Å². The summed E-state index contributed by atoms with van der Waals surface area (Å²) in [5.41, 5.74) is 1.99. The Labute approximate surface area is 138 Å². The lowest BCUT2D eigenvalue weighted by atomic mass is 9.92. The molecule has 0 radical (unpaired) electrons. The molecule has 5 heteroatoms. The summed E-state index contributed by atoms with van der Waals surface area (Å²) < 4.78 is 5.10. The number of ether oxygens (including phenoxy) is 1. The van der Waals surface area contributed by atoms with E-state index in [0.29, 0.717) is 10.6 Å². The van der Waals surface area contributed by atoms with E-state index in [2.05, 4.69) is 0 Å². The molecule has 0 aromatic heterocycles. The lowest BCUT2D eigenvalue weighted by molar-refractivity contribution is -0.149. The van der Waals surface area contributed by atoms with E-state index < -0.39 is 23.1 Å². The third kappa shape index (κ3) is 2.45. The molecule has 4 nitrogen and oxygen atoms in total. The van der Waals surface area contributed by atoms with E-state index in [-0.39, 0.29) is 0 Å². The first-order valence-corrected chi connectivity index (χ1v) is 7.44. The van der Waals surface area contributed by atoms with Gasteiger partial charge in [0.15, 0.2) is 11.4 Å². The molecule has 0 saturated heterocycles. The molecule has 3 rings (SSSR count). The zero-order valence-electron chi connectivity index (χ0n) is 12.6. The largest absolute Gasteiger partial charge is 0.505 e. The van der Waals surface area contributed by atoms with Crippen LogP contribution >= 0.6 is 11.6 Å². The molecule has 23 heavy (non-hydrogen) atoms. The Morgan fingerprint density at radius 3 is 2.17 bits per heavy atom. The molecule has 0 fully saturated rings. The van der Waals surface area contributed by atoms with E-state index in [4.69, 9.17) is 16.3 Å². The Kier molecular flexibility index (Phi) is 3.57. The fourth-order valence-corrected chi connectivity index (χ4v) is 2.98. The first-order valence-electron chi connectivity index (χ1n) is 7.06. The number of aryl methyl sites for hydroxylation is 1. The summed E-state index contributed by atoms with van der Waals surface area (Å²) >= 11 is 6.33. The molecule has 2 N–H and O–H groups in total. The molecule has 1 heterocycles. The molecule has 0 amide bonds. The number of aliphatic hydroxyl groups is 2. The third-order valence-electron chi connectivity index (χ3n) is 4.03. The van der Waals surface area contributed by atoms with Gasteiger partial charge in [0.2, 0.25) is 5.76 Å². The topological polar surface area (TPSA) is 66.8 Å². The van der Waals surface area contributed by atoms with Crippen molar-refractivity contribution >= 4 is 17.6 Å². The predicted molar refractivity (Wildman–Crippen MR) is 87.4 cm³/mol. The molecule has 0 bridgehead atoms. The van der Waals surface area contributed by atoms with E-state index in [1.807, 2.05) is 37.3 Å². The van der Waals surface area contributed by atoms with Crippen LogP contribution in [0.2, 0.25) is 5.02 Å². The first kappa shape index (κ1) is 15.4. The Hall–Kier alpha value is -2.46. The van der Waals surface area contributed by atoms with Gasteiger partial charge in [-0.1, -0.05) is 53.6 Å². The smallest absolute Gasteiger partial charge is 0.378 e. The van der Waals surface area contributed by atoms with Gasteiger partial charge in [-0.2, -0.15) is 0 Å². The quantitative estimate of drug-likeness (QED) is 0.800. The van der Waals surface area contributed by atoms with Crippen molar-refractivity contribution in [1.82, 2.24) is 0 Å². The lowest BCUT2D eigenvalue weighted by Crippen LogP contribution is -2.25. The number of carbonyl (C=O) groups excluding carboxylic acids is 1. The second-order valence-electron chi connectivity index (χ2n) is 5.68. The standard InChI is InChI=1S/C18H15ClO4/c1-10-3-5-11(6-4-10)12-7-8-13(14(19)9-12)18(2)16(21)15(20)17(22)23-18/h3-9,20-21H,1-2H3. The fraction of sp³-hybridized carbons (Fsp3) is 0.167. The Morgan fingerprint density at radius 2 is 1.65 bits per heavy atom. The third-order valence-corrected chi connectivity index (χ3v) is 4.35. The van der Waals surface area contributed by atoms with E-state index in [1.165, 1.54) is 6.92 Å². The van der Waals surface area contributed by atoms with Crippen LogP contribution in [0.15, 0.2) is 54.0 Å². The van der Waals surface area contributed by atoms with Gasteiger partial charge in [0.25, 0.3) is 0 Å². The van der Waals surface area contributed by atoms with Crippen LogP contribution in [0, 0.1) is 6.92 Å². The van der Waals surface area contributed by atoms with Crippen LogP contribution in [0.1, 0.15) is 18.1 Å². The maximum Gasteiger partial charge on any atom is 0.378 e. The maximum atomic E-state index is 11.5. The summed E-state index contributed by atoms with van der Waals surface area (Å²) in [5, 5.41) is 19.9. The minimum absolute atomic E-state index is 0.333. The van der Waals surface area contributed by atoms with Gasteiger partial charge in [-0.3, -0.25) is 0 Å². The number of hydrogen-bond donors (Lipinski definition) is 2. The van der Waals surface area contributed by atoms with Crippen LogP contribution in [-0.4, -0.2) is 16.2 Å². The van der Waals surface area contributed by atoms with E-state index in [9.17, 15) is 15.0 Å². The highest BCUT2D eigenvalue weighted by Crippen LogP contribution is 2.42. The predicted octanol–water partition coefficient (Wildman–Crippen LogP) is 4.42. The maximum absolute atomic E-state index is 11.5. The Bertz CT molecular complexity index is 823. The highest BCUT2D eigenvalue weighted by Gasteiger charge is 2.47. The Morgan fingerprint density at radius 1 is 1.04 bits per heavy atom. The number of esters is 1. The molecular formula is C18H15ClO4. The van der Waals surface area contributed by atoms with E-state index >= 15 is 0 Å². The summed E-state index contributed by atoms with van der Waals surface area (Å²) in [7, 11) is 0. The number of benzene rings is 2. The molecule has 0 aliphatic carbocycles. The zero-order chi connectivity index (χ0) is 16.8. The molecular weight excluding hydrogens is 316 g/mol. The van der Waals surface area contributed by atoms with Crippen molar-refractivity contribution in [2.75, 3.05) is 0 Å². The van der Waals surface area contributed by atoms with Crippen LogP contribution < -0.4 is 0 Å². The highest BCUT2D eigenvalue weighted by molar-refractivity contribution is 6.31. The number of cyclic esters (lactones) is 1. The SMILES string of the molecule is Cc1ccc(-c2ccc(C3(C)OC(=O)C(O)=C3O)c(Cl)c2)cc1. The lowest BCUT2D eigenvalue weighted by Gasteiger charge is -2.24. The summed E-state index contributed by atoms with van der Waals surface area (Å²) in [4.78, 5) is 11.5. The molecule has 2 aromatic rings. The van der Waals surface area contributed by atoms with Crippen molar-refractivity contribution in [2.45, 2.75) is 19.4 Å². The van der Waals surface area contributed by atoms with Gasteiger partial charge >= 0.3 is 5.97 Å². The number of rotatable bonds is 2. The molecule has 118 valence electrons. The summed E-state index contributed by atoms with van der Waals surface area (Å²) in [6, 6.07) is 13.2. The van der Waals surface area contributed by atoms with Gasteiger partial charge in [-0.15, -0.1) is 0 Å². The fourth-order valence-electron chi connectivity index (χ4n) is 2.61. The molecule has 0 spiro atoms. The van der Waals surface area contributed by atoms with E-state index in [1.54, 1.807) is 12.1 Å². The van der Waals surface area contributed by atoms with Crippen molar-refractivity contribution in [3.05, 3.63) is 70.1 Å². The first-order chi connectivity index (χ1) is 10.8. The van der Waals surface area contributed by atoms with Gasteiger partial charge in [0.05, 0.1) is 0 Å². The Balaban J connectivity index is 2.04. The number of hydrogen-bond acceptors (Lipinski definition) is 4. The van der Waals surface area contributed by atoms with Crippen molar-refractivity contribution in [2.24, 2.45) is 0 Å². The molecule has 1 aliphatic heterocycles. The minimum atomic E-state index is -1.48. The van der Waals surface area contributed by atoms with Crippen molar-refractivity contribution < 1.29 is 19.7 Å². The second kappa shape index (κ2) is 5.32. The average Bonchev–Trinajstić information content (AvgIpc) is 2.72. The summed E-state index contributed by atoms with van der Waals surface area (Å²) in [5.74, 6) is -2.29. The monoisotopic (exact) mass is 330 g/mol. The molecule has 1 aliphatic rings. The summed E-state index contributed by atoms with van der Waals surface area (Å²) in [6.45, 7) is 3.49. The zero-order valence-corrected chi connectivity index (χ0v) is 13.4. The van der Waals surface area contributed by atoms with Crippen molar-refractivity contribution in [3.63, 3.8) is 0 Å². The van der Waals surface area contributed by atoms with E-state index in [0.717, 1.165) is 16.7 Å². The molecule has 0 saturated carbocycles.